The summed E-state index contributed by atoms with van der Waals surface area (Å²) in [5.41, 5.74) is 4.12. The first-order valence-electron chi connectivity index (χ1n) is 10.5. The number of para-hydroxylation sites is 1. The Balaban J connectivity index is 1.86. The van der Waals surface area contributed by atoms with Gasteiger partial charge in [0.05, 0.1) is 29.4 Å². The number of benzene rings is 3. The monoisotopic (exact) mass is 463 g/mol. The number of sulfonamides is 1. The van der Waals surface area contributed by atoms with Crippen molar-refractivity contribution in [1.29, 1.82) is 0 Å². The van der Waals surface area contributed by atoms with Gasteiger partial charge in [0.1, 0.15) is 0 Å². The van der Waals surface area contributed by atoms with Crippen LogP contribution in [0.5, 0.6) is 0 Å². The Kier molecular flexibility index (Phi) is 6.35. The molecule has 0 aromatic heterocycles. The zero-order valence-electron chi connectivity index (χ0n) is 18.7. The highest BCUT2D eigenvalue weighted by molar-refractivity contribution is 7.93. The van der Waals surface area contributed by atoms with Gasteiger partial charge < -0.3 is 9.47 Å². The fraction of sp³-hybridized carbons (Fsp3) is 0.192. The zero-order chi connectivity index (χ0) is 23.6. The number of rotatable bonds is 5. The van der Waals surface area contributed by atoms with E-state index in [4.69, 9.17) is 9.47 Å². The molecule has 0 saturated heterocycles. The number of hydrogen-bond donors (Lipinski definition) is 0. The highest BCUT2D eigenvalue weighted by atomic mass is 32.2. The van der Waals surface area contributed by atoms with Gasteiger partial charge in [0, 0.05) is 24.8 Å². The smallest absolute Gasteiger partial charge is 0.337 e. The quantitative estimate of drug-likeness (QED) is 0.492. The fourth-order valence-electron chi connectivity index (χ4n) is 3.94. The summed E-state index contributed by atoms with van der Waals surface area (Å²) in [7, 11) is -0.934. The van der Waals surface area contributed by atoms with Crippen LogP contribution in [-0.4, -0.2) is 28.6 Å². The largest absolute Gasteiger partial charge is 0.465 e. The number of hydrogen-bond acceptors (Lipinski definition) is 5. The SMILES string of the molecule is COC(=O)c1ccc(/C=C2\CC(OC)c3ccccc3N2S(=O)(=O)c2ccc(C)cc2)cc1. The van der Waals surface area contributed by atoms with E-state index < -0.39 is 16.0 Å². The maximum Gasteiger partial charge on any atom is 0.337 e. The van der Waals surface area contributed by atoms with Crippen molar-refractivity contribution in [1.82, 2.24) is 0 Å². The predicted molar refractivity (Wildman–Crippen MR) is 127 cm³/mol. The van der Waals surface area contributed by atoms with E-state index >= 15 is 0 Å². The topological polar surface area (TPSA) is 72.9 Å². The third-order valence-electron chi connectivity index (χ3n) is 5.67. The van der Waals surface area contributed by atoms with Crippen LogP contribution in [0.2, 0.25) is 0 Å². The maximum absolute atomic E-state index is 13.8. The lowest BCUT2D eigenvalue weighted by molar-refractivity contribution is 0.0600. The molecule has 3 aromatic rings. The summed E-state index contributed by atoms with van der Waals surface area (Å²) in [4.78, 5) is 12.0. The first kappa shape index (κ1) is 22.8. The lowest BCUT2D eigenvalue weighted by atomic mass is 9.97. The third kappa shape index (κ3) is 4.42. The number of carbonyl (C=O) groups excluding carboxylic acids is 1. The number of nitrogens with zero attached hydrogens (tertiary/aromatic N) is 1. The van der Waals surface area contributed by atoms with E-state index in [1.807, 2.05) is 31.2 Å². The van der Waals surface area contributed by atoms with Crippen LogP contribution in [0.4, 0.5) is 5.69 Å². The third-order valence-corrected chi connectivity index (χ3v) is 7.45. The van der Waals surface area contributed by atoms with Crippen LogP contribution < -0.4 is 4.31 Å². The van der Waals surface area contributed by atoms with Crippen LogP contribution in [0.25, 0.3) is 6.08 Å². The molecule has 0 N–H and O–H groups in total. The Labute approximate surface area is 194 Å². The van der Waals surface area contributed by atoms with E-state index in [1.54, 1.807) is 61.7 Å². The molecule has 0 saturated carbocycles. The Hall–Kier alpha value is -3.42. The van der Waals surface area contributed by atoms with E-state index in [-0.39, 0.29) is 11.0 Å². The number of methoxy groups -OCH3 is 2. The van der Waals surface area contributed by atoms with Crippen molar-refractivity contribution in [2.24, 2.45) is 0 Å². The van der Waals surface area contributed by atoms with Gasteiger partial charge in [-0.15, -0.1) is 0 Å². The Morgan fingerprint density at radius 3 is 2.27 bits per heavy atom. The van der Waals surface area contributed by atoms with Crippen molar-refractivity contribution in [2.75, 3.05) is 18.5 Å². The van der Waals surface area contributed by atoms with Gasteiger partial charge in [-0.1, -0.05) is 48.0 Å². The molecule has 1 heterocycles. The summed E-state index contributed by atoms with van der Waals surface area (Å²) < 4.78 is 39.5. The van der Waals surface area contributed by atoms with E-state index in [0.29, 0.717) is 23.4 Å². The van der Waals surface area contributed by atoms with Crippen molar-refractivity contribution in [3.05, 3.63) is 101 Å². The highest BCUT2D eigenvalue weighted by Gasteiger charge is 2.36. The van der Waals surface area contributed by atoms with Crippen LogP contribution in [-0.2, 0) is 19.5 Å². The summed E-state index contributed by atoms with van der Waals surface area (Å²) in [5.74, 6) is -0.427. The minimum absolute atomic E-state index is 0.214. The number of ether oxygens (including phenoxy) is 2. The second-order valence-electron chi connectivity index (χ2n) is 7.82. The average Bonchev–Trinajstić information content (AvgIpc) is 2.83. The summed E-state index contributed by atoms with van der Waals surface area (Å²) in [5, 5.41) is 0. The molecule has 1 aliphatic heterocycles. The van der Waals surface area contributed by atoms with Gasteiger partial charge in [-0.3, -0.25) is 0 Å². The molecule has 0 bridgehead atoms. The molecule has 1 unspecified atom stereocenters. The van der Waals surface area contributed by atoms with Gasteiger partial charge in [-0.05, 0) is 48.9 Å². The molecule has 0 fully saturated rings. The normalized spacial score (nSPS) is 17.0. The van der Waals surface area contributed by atoms with E-state index in [2.05, 4.69) is 0 Å². The second kappa shape index (κ2) is 9.21. The van der Waals surface area contributed by atoms with Crippen molar-refractivity contribution < 1.29 is 22.7 Å². The molecule has 4 rings (SSSR count). The molecule has 1 atom stereocenters. The number of esters is 1. The van der Waals surface area contributed by atoms with Gasteiger partial charge >= 0.3 is 5.97 Å². The number of fused-ring (bicyclic) bond motifs is 1. The van der Waals surface area contributed by atoms with Crippen LogP contribution in [0.1, 0.15) is 39.6 Å². The summed E-state index contributed by atoms with van der Waals surface area (Å²) >= 11 is 0. The minimum atomic E-state index is -3.88. The zero-order valence-corrected chi connectivity index (χ0v) is 19.5. The molecule has 6 nitrogen and oxygen atoms in total. The summed E-state index contributed by atoms with van der Waals surface area (Å²) in [6.45, 7) is 1.92. The number of anilines is 1. The van der Waals surface area contributed by atoms with Crippen LogP contribution in [0.15, 0.2) is 83.4 Å². The standard InChI is InChI=1S/C26H25NO5S/c1-18-8-14-22(15-9-18)33(29,30)27-21(16-19-10-12-20(13-11-19)26(28)32-3)17-25(31-2)23-6-4-5-7-24(23)27/h4-16,25H,17H2,1-3H3/b21-16+. The van der Waals surface area contributed by atoms with Crippen molar-refractivity contribution >= 4 is 27.8 Å². The molecule has 0 aliphatic carbocycles. The number of carbonyl (C=O) groups is 1. The lowest BCUT2D eigenvalue weighted by Gasteiger charge is -2.36. The summed E-state index contributed by atoms with van der Waals surface area (Å²) in [6.07, 6.45) is 1.90. The Bertz CT molecular complexity index is 1300. The van der Waals surface area contributed by atoms with Crippen molar-refractivity contribution in [2.45, 2.75) is 24.3 Å². The van der Waals surface area contributed by atoms with Gasteiger partial charge in [-0.25, -0.2) is 17.5 Å². The second-order valence-corrected chi connectivity index (χ2v) is 9.61. The van der Waals surface area contributed by atoms with Gasteiger partial charge in [0.2, 0.25) is 0 Å². The minimum Gasteiger partial charge on any atom is -0.465 e. The first-order valence-corrected chi connectivity index (χ1v) is 11.9. The molecule has 7 heteroatoms. The van der Waals surface area contributed by atoms with E-state index in [9.17, 15) is 13.2 Å². The molecular formula is C26H25NO5S. The summed E-state index contributed by atoms with van der Waals surface area (Å²) in [6, 6.07) is 21.0. The Morgan fingerprint density at radius 1 is 0.970 bits per heavy atom. The van der Waals surface area contributed by atoms with Crippen LogP contribution in [0, 0.1) is 6.92 Å². The average molecular weight is 464 g/mol. The highest BCUT2D eigenvalue weighted by Crippen LogP contribution is 2.44. The van der Waals surface area contributed by atoms with Gasteiger partial charge in [0.25, 0.3) is 10.0 Å². The fourth-order valence-corrected chi connectivity index (χ4v) is 5.49. The van der Waals surface area contributed by atoms with Gasteiger partial charge in [0.15, 0.2) is 0 Å². The molecule has 0 amide bonds. The first-order chi connectivity index (χ1) is 15.8. The molecular weight excluding hydrogens is 438 g/mol. The molecule has 33 heavy (non-hydrogen) atoms. The van der Waals surface area contributed by atoms with Gasteiger partial charge in [-0.2, -0.15) is 0 Å². The van der Waals surface area contributed by atoms with Crippen LogP contribution >= 0.6 is 0 Å². The predicted octanol–water partition coefficient (Wildman–Crippen LogP) is 5.11. The lowest BCUT2D eigenvalue weighted by Crippen LogP contribution is -2.35. The molecule has 0 radical (unpaired) electrons. The molecule has 3 aromatic carbocycles. The van der Waals surface area contributed by atoms with Crippen molar-refractivity contribution in [3.8, 4) is 0 Å². The van der Waals surface area contributed by atoms with E-state index in [0.717, 1.165) is 16.7 Å². The molecule has 170 valence electrons. The van der Waals surface area contributed by atoms with Crippen LogP contribution in [0.3, 0.4) is 0 Å². The Morgan fingerprint density at radius 2 is 1.64 bits per heavy atom. The molecule has 0 spiro atoms. The molecule has 1 aliphatic rings. The maximum atomic E-state index is 13.8. The number of aryl methyl sites for hydroxylation is 1. The van der Waals surface area contributed by atoms with Crippen molar-refractivity contribution in [3.63, 3.8) is 0 Å². The van der Waals surface area contributed by atoms with E-state index in [1.165, 1.54) is 11.4 Å².